The Morgan fingerprint density at radius 3 is 2.33 bits per heavy atom. The highest BCUT2D eigenvalue weighted by Crippen LogP contribution is 2.31. The number of hydrogen-bond donors (Lipinski definition) is 1. The van der Waals surface area contributed by atoms with Crippen LogP contribution in [0.4, 0.5) is 13.2 Å². The largest absolute Gasteiger partial charge is 0.501 e. The van der Waals surface area contributed by atoms with Crippen molar-refractivity contribution in [1.82, 2.24) is 14.1 Å². The van der Waals surface area contributed by atoms with Gasteiger partial charge >= 0.3 is 11.2 Å². The monoisotopic (exact) mass is 477 g/mol. The molecule has 0 bridgehead atoms. The number of hydrogen-bond acceptors (Lipinski definition) is 5. The molecule has 1 N–H and O–H groups in total. The van der Waals surface area contributed by atoms with Gasteiger partial charge in [0, 0.05) is 11.6 Å². The smallest absolute Gasteiger partial charge is 0.493 e. The summed E-state index contributed by atoms with van der Waals surface area (Å²) in [5, 5.41) is 11.5. The summed E-state index contributed by atoms with van der Waals surface area (Å²) in [6.07, 6.45) is 1.62. The fourth-order valence-corrected chi connectivity index (χ4v) is 4.50. The van der Waals surface area contributed by atoms with Crippen LogP contribution in [-0.2, 0) is 16.4 Å². The summed E-state index contributed by atoms with van der Waals surface area (Å²) < 4.78 is 63.7. The first-order valence-electron chi connectivity index (χ1n) is 9.69. The fourth-order valence-electron chi connectivity index (χ4n) is 3.73. The third-order valence-corrected chi connectivity index (χ3v) is 6.96. The van der Waals surface area contributed by atoms with Gasteiger partial charge in [-0.15, -0.1) is 0 Å². The van der Waals surface area contributed by atoms with Gasteiger partial charge < -0.3 is 5.11 Å². The van der Waals surface area contributed by atoms with E-state index in [2.05, 4.69) is 4.98 Å². The van der Waals surface area contributed by atoms with Crippen molar-refractivity contribution in [2.75, 3.05) is 0 Å². The Balaban J connectivity index is 1.79. The molecular formula is C22H18F3N3O4S. The highest BCUT2D eigenvalue weighted by Gasteiger charge is 2.46. The predicted octanol–water partition coefficient (Wildman–Crippen LogP) is 3.85. The number of halogens is 3. The minimum Gasteiger partial charge on any atom is -0.493 e. The lowest BCUT2D eigenvalue weighted by Crippen LogP contribution is -2.25. The number of aromatic hydroxyl groups is 1. The number of aromatic nitrogens is 3. The molecule has 0 unspecified atom stereocenters. The zero-order chi connectivity index (χ0) is 24.1. The number of benzene rings is 2. The Labute approximate surface area is 186 Å². The fraction of sp³-hybridized carbons (Fsp3) is 0.182. The quantitative estimate of drug-likeness (QED) is 0.482. The van der Waals surface area contributed by atoms with E-state index in [1.165, 1.54) is 11.5 Å². The van der Waals surface area contributed by atoms with Gasteiger partial charge in [0.25, 0.3) is 9.84 Å². The second-order valence-corrected chi connectivity index (χ2v) is 9.44. The lowest BCUT2D eigenvalue weighted by molar-refractivity contribution is -0.0436. The van der Waals surface area contributed by atoms with Gasteiger partial charge in [-0.25, -0.2) is 17.8 Å². The Morgan fingerprint density at radius 2 is 1.70 bits per heavy atom. The molecule has 172 valence electrons. The molecule has 0 aliphatic carbocycles. The molecule has 2 aromatic heterocycles. The molecule has 0 radical (unpaired) electrons. The molecule has 2 heterocycles. The summed E-state index contributed by atoms with van der Waals surface area (Å²) in [7, 11) is -5.53. The number of alkyl halides is 3. The van der Waals surface area contributed by atoms with Crippen molar-refractivity contribution in [3.63, 3.8) is 0 Å². The average Bonchev–Trinajstić information content (AvgIpc) is 2.96. The van der Waals surface area contributed by atoms with Crippen molar-refractivity contribution < 1.29 is 26.7 Å². The number of rotatable bonds is 4. The lowest BCUT2D eigenvalue weighted by atomic mass is 10.0. The third kappa shape index (κ3) is 3.67. The van der Waals surface area contributed by atoms with Crippen LogP contribution in [-0.4, -0.2) is 33.2 Å². The zero-order valence-corrected chi connectivity index (χ0v) is 18.3. The Kier molecular flexibility index (Phi) is 5.32. The van der Waals surface area contributed by atoms with Gasteiger partial charge in [0.15, 0.2) is 0 Å². The van der Waals surface area contributed by atoms with Crippen LogP contribution < -0.4 is 5.69 Å². The SMILES string of the molecule is Cc1cccc2nccc(Cn3c(C)c(O)n(-c4ccc(S(=O)(=O)C(F)(F)F)cc4)c3=O)c12. The molecule has 0 spiro atoms. The first-order chi connectivity index (χ1) is 15.4. The highest BCUT2D eigenvalue weighted by molar-refractivity contribution is 7.92. The summed E-state index contributed by atoms with van der Waals surface area (Å²) in [4.78, 5) is 16.5. The van der Waals surface area contributed by atoms with Crippen molar-refractivity contribution in [1.29, 1.82) is 0 Å². The molecule has 0 fully saturated rings. The molecule has 7 nitrogen and oxygen atoms in total. The molecule has 0 aliphatic rings. The van der Waals surface area contributed by atoms with E-state index in [1.807, 2.05) is 25.1 Å². The van der Waals surface area contributed by atoms with Gasteiger partial charge in [0.1, 0.15) is 0 Å². The predicted molar refractivity (Wildman–Crippen MR) is 115 cm³/mol. The second kappa shape index (κ2) is 7.77. The van der Waals surface area contributed by atoms with Gasteiger partial charge in [-0.3, -0.25) is 9.55 Å². The molecule has 0 saturated carbocycles. The zero-order valence-electron chi connectivity index (χ0n) is 17.5. The number of sulfone groups is 1. The maximum absolute atomic E-state index is 13.1. The number of pyridine rings is 1. The number of aryl methyl sites for hydroxylation is 1. The normalized spacial score (nSPS) is 12.4. The van der Waals surface area contributed by atoms with Crippen LogP contribution in [0.25, 0.3) is 16.6 Å². The lowest BCUT2D eigenvalue weighted by Gasteiger charge is -2.10. The minimum atomic E-state index is -5.53. The Bertz CT molecular complexity index is 1530. The summed E-state index contributed by atoms with van der Waals surface area (Å²) in [5.74, 6) is -0.401. The van der Waals surface area contributed by atoms with Crippen LogP contribution in [0.2, 0.25) is 0 Å². The summed E-state index contributed by atoms with van der Waals surface area (Å²) in [6, 6.07) is 11.0. The minimum absolute atomic E-state index is 0.0243. The number of nitrogens with zero attached hydrogens (tertiary/aromatic N) is 3. The van der Waals surface area contributed by atoms with Crippen LogP contribution in [0, 0.1) is 13.8 Å². The molecule has 0 aliphatic heterocycles. The van der Waals surface area contributed by atoms with Gasteiger partial charge in [0.05, 0.1) is 28.3 Å². The van der Waals surface area contributed by atoms with Crippen LogP contribution in [0.5, 0.6) is 5.88 Å². The Hall–Kier alpha value is -3.60. The van der Waals surface area contributed by atoms with E-state index in [1.54, 1.807) is 12.3 Å². The van der Waals surface area contributed by atoms with Crippen molar-refractivity contribution in [2.45, 2.75) is 30.8 Å². The third-order valence-electron chi connectivity index (χ3n) is 5.46. The van der Waals surface area contributed by atoms with E-state index in [4.69, 9.17) is 0 Å². The van der Waals surface area contributed by atoms with Crippen molar-refractivity contribution in [3.05, 3.63) is 82.0 Å². The van der Waals surface area contributed by atoms with Gasteiger partial charge in [-0.1, -0.05) is 12.1 Å². The molecule has 4 aromatic rings. The van der Waals surface area contributed by atoms with Crippen molar-refractivity contribution in [2.24, 2.45) is 0 Å². The van der Waals surface area contributed by atoms with Gasteiger partial charge in [-0.05, 0) is 61.4 Å². The van der Waals surface area contributed by atoms with E-state index in [0.29, 0.717) is 0 Å². The van der Waals surface area contributed by atoms with Gasteiger partial charge in [-0.2, -0.15) is 13.2 Å². The average molecular weight is 477 g/mol. The molecule has 0 saturated heterocycles. The first-order valence-corrected chi connectivity index (χ1v) is 11.2. The first kappa shape index (κ1) is 22.6. The van der Waals surface area contributed by atoms with E-state index in [-0.39, 0.29) is 17.9 Å². The maximum atomic E-state index is 13.1. The van der Waals surface area contributed by atoms with E-state index >= 15 is 0 Å². The number of fused-ring (bicyclic) bond motifs is 1. The molecule has 0 atom stereocenters. The van der Waals surface area contributed by atoms with Gasteiger partial charge in [0.2, 0.25) is 5.88 Å². The summed E-state index contributed by atoms with van der Waals surface area (Å²) in [6.45, 7) is 3.57. The van der Waals surface area contributed by atoms with Crippen molar-refractivity contribution >= 4 is 20.7 Å². The molecule has 33 heavy (non-hydrogen) atoms. The maximum Gasteiger partial charge on any atom is 0.501 e. The molecule has 0 amide bonds. The van der Waals surface area contributed by atoms with E-state index in [0.717, 1.165) is 50.9 Å². The van der Waals surface area contributed by atoms with E-state index in [9.17, 15) is 31.5 Å². The van der Waals surface area contributed by atoms with Crippen LogP contribution in [0.1, 0.15) is 16.8 Å². The van der Waals surface area contributed by atoms with Crippen LogP contribution in [0.15, 0.2) is 64.4 Å². The topological polar surface area (TPSA) is 94.2 Å². The Morgan fingerprint density at radius 1 is 1.03 bits per heavy atom. The highest BCUT2D eigenvalue weighted by atomic mass is 32.2. The van der Waals surface area contributed by atoms with Crippen LogP contribution >= 0.6 is 0 Å². The second-order valence-electron chi connectivity index (χ2n) is 7.50. The summed E-state index contributed by atoms with van der Waals surface area (Å²) in [5.41, 5.74) is -3.29. The standard InChI is InChI=1S/C22H18F3N3O4S/c1-13-4-3-5-18-19(13)15(10-11-26-18)12-27-14(2)20(29)28(21(27)30)16-6-8-17(9-7-16)33(31,32)22(23,24)25/h3-11,29H,12H2,1-2H3. The van der Waals surface area contributed by atoms with Crippen molar-refractivity contribution in [3.8, 4) is 11.6 Å². The van der Waals surface area contributed by atoms with Crippen LogP contribution in [0.3, 0.4) is 0 Å². The van der Waals surface area contributed by atoms with E-state index < -0.39 is 31.8 Å². The molecule has 4 rings (SSSR count). The number of imidazole rings is 1. The molecule has 2 aromatic carbocycles. The molecule has 11 heteroatoms. The summed E-state index contributed by atoms with van der Waals surface area (Å²) >= 11 is 0. The molecular weight excluding hydrogens is 459 g/mol.